The minimum Gasteiger partial charge on any atom is -0.332 e. The van der Waals surface area contributed by atoms with Gasteiger partial charge in [0.15, 0.2) is 0 Å². The van der Waals surface area contributed by atoms with Crippen LogP contribution < -0.4 is 5.56 Å². The van der Waals surface area contributed by atoms with Gasteiger partial charge < -0.3 is 9.09 Å². The Bertz CT molecular complexity index is 762. The van der Waals surface area contributed by atoms with Crippen molar-refractivity contribution in [2.24, 2.45) is 7.05 Å². The Morgan fingerprint density at radius 1 is 1.21 bits per heavy atom. The minimum absolute atomic E-state index is 0.0859. The molecule has 3 aromatic rings. The molecule has 94 valence electrons. The normalized spacial score (nSPS) is 10.6. The summed E-state index contributed by atoms with van der Waals surface area (Å²) in [5.74, 6) is 0.778. The smallest absolute Gasteiger partial charge is 0.276 e. The molecule has 0 bridgehead atoms. The summed E-state index contributed by atoms with van der Waals surface area (Å²) < 4.78 is 6.63. The highest BCUT2D eigenvalue weighted by Crippen LogP contribution is 2.19. The number of rotatable bonds is 2. The van der Waals surface area contributed by atoms with Gasteiger partial charge in [-0.15, -0.1) is 0 Å². The highest BCUT2D eigenvalue weighted by molar-refractivity contribution is 5.56. The average molecular weight is 254 g/mol. The van der Waals surface area contributed by atoms with Crippen LogP contribution in [0, 0.1) is 0 Å². The minimum atomic E-state index is -0.0859. The molecule has 0 aliphatic heterocycles. The maximum Gasteiger partial charge on any atom is 0.276 e. The van der Waals surface area contributed by atoms with Crippen LogP contribution in [0.5, 0.6) is 0 Å². The van der Waals surface area contributed by atoms with E-state index in [1.54, 1.807) is 31.6 Å². The number of hydrogen-bond donors (Lipinski definition) is 0. The third-order valence-electron chi connectivity index (χ3n) is 2.65. The van der Waals surface area contributed by atoms with E-state index >= 15 is 0 Å². The molecule has 0 amide bonds. The first-order valence-electron chi connectivity index (χ1n) is 5.66. The number of aromatic nitrogens is 4. The van der Waals surface area contributed by atoms with Gasteiger partial charge >= 0.3 is 0 Å². The van der Waals surface area contributed by atoms with Crippen LogP contribution in [0.2, 0.25) is 0 Å². The van der Waals surface area contributed by atoms with E-state index in [4.69, 9.17) is 4.52 Å². The van der Waals surface area contributed by atoms with E-state index in [2.05, 4.69) is 15.1 Å². The van der Waals surface area contributed by atoms with E-state index in [-0.39, 0.29) is 5.56 Å². The summed E-state index contributed by atoms with van der Waals surface area (Å²) in [5, 5.41) is 3.89. The van der Waals surface area contributed by atoms with Gasteiger partial charge in [-0.2, -0.15) is 4.98 Å². The molecule has 0 radical (unpaired) electrons. The molecule has 3 rings (SSSR count). The Morgan fingerprint density at radius 3 is 2.84 bits per heavy atom. The summed E-state index contributed by atoms with van der Waals surface area (Å²) in [6.45, 7) is 0. The Balaban J connectivity index is 2.01. The average Bonchev–Trinajstić information content (AvgIpc) is 2.93. The largest absolute Gasteiger partial charge is 0.332 e. The van der Waals surface area contributed by atoms with Crippen LogP contribution in [0.4, 0.5) is 0 Å². The van der Waals surface area contributed by atoms with Crippen molar-refractivity contribution >= 4 is 0 Å². The van der Waals surface area contributed by atoms with Crippen LogP contribution in [-0.2, 0) is 7.05 Å². The second kappa shape index (κ2) is 4.49. The highest BCUT2D eigenvalue weighted by atomic mass is 16.5. The first-order valence-corrected chi connectivity index (χ1v) is 5.66. The van der Waals surface area contributed by atoms with Crippen LogP contribution in [-0.4, -0.2) is 19.7 Å². The second-order valence-corrected chi connectivity index (χ2v) is 4.01. The third kappa shape index (κ3) is 2.15. The highest BCUT2D eigenvalue weighted by Gasteiger charge is 2.11. The lowest BCUT2D eigenvalue weighted by Gasteiger charge is -1.97. The molecule has 0 aliphatic rings. The van der Waals surface area contributed by atoms with Crippen molar-refractivity contribution in [2.45, 2.75) is 0 Å². The van der Waals surface area contributed by atoms with Gasteiger partial charge in [0, 0.05) is 31.1 Å². The topological polar surface area (TPSA) is 73.8 Å². The maximum absolute atomic E-state index is 11.3. The van der Waals surface area contributed by atoms with E-state index in [1.165, 1.54) is 10.6 Å². The zero-order chi connectivity index (χ0) is 13.2. The first kappa shape index (κ1) is 11.3. The molecular weight excluding hydrogens is 244 g/mol. The van der Waals surface area contributed by atoms with Crippen molar-refractivity contribution in [3.63, 3.8) is 0 Å². The van der Waals surface area contributed by atoms with E-state index in [9.17, 15) is 4.79 Å². The van der Waals surface area contributed by atoms with Gasteiger partial charge in [-0.3, -0.25) is 9.78 Å². The van der Waals surface area contributed by atoms with Crippen molar-refractivity contribution in [2.75, 3.05) is 0 Å². The van der Waals surface area contributed by atoms with Crippen LogP contribution in [0.3, 0.4) is 0 Å². The Labute approximate surface area is 108 Å². The van der Waals surface area contributed by atoms with Crippen molar-refractivity contribution < 1.29 is 4.52 Å². The van der Waals surface area contributed by atoms with Crippen molar-refractivity contribution in [3.05, 3.63) is 53.1 Å². The molecule has 0 saturated carbocycles. The molecule has 0 N–H and O–H groups in total. The molecule has 0 atom stereocenters. The Hall–Kier alpha value is -2.76. The van der Waals surface area contributed by atoms with Gasteiger partial charge in [0.1, 0.15) is 5.69 Å². The van der Waals surface area contributed by atoms with E-state index in [1.807, 2.05) is 12.1 Å². The molecule has 0 fully saturated rings. The standard InChI is InChI=1S/C13H10N4O2/c1-17-8-9(5-6-11(17)18)12-15-13(19-16-12)10-4-2-3-7-14-10/h2-8H,1H3. The summed E-state index contributed by atoms with van der Waals surface area (Å²) in [7, 11) is 1.67. The zero-order valence-corrected chi connectivity index (χ0v) is 10.1. The molecule has 3 aromatic heterocycles. The molecule has 3 heterocycles. The molecular formula is C13H10N4O2. The van der Waals surface area contributed by atoms with Crippen LogP contribution in [0.15, 0.2) is 52.0 Å². The van der Waals surface area contributed by atoms with E-state index < -0.39 is 0 Å². The molecule has 0 saturated heterocycles. The van der Waals surface area contributed by atoms with Crippen LogP contribution >= 0.6 is 0 Å². The van der Waals surface area contributed by atoms with Gasteiger partial charge in [0.05, 0.1) is 0 Å². The lowest BCUT2D eigenvalue weighted by Crippen LogP contribution is -2.14. The molecule has 0 unspecified atom stereocenters. The van der Waals surface area contributed by atoms with E-state index in [0.717, 1.165) is 0 Å². The molecule has 19 heavy (non-hydrogen) atoms. The Kier molecular flexibility index (Phi) is 2.68. The van der Waals surface area contributed by atoms with Crippen molar-refractivity contribution in [3.8, 4) is 23.0 Å². The number of nitrogens with zero attached hydrogens (tertiary/aromatic N) is 4. The zero-order valence-electron chi connectivity index (χ0n) is 10.1. The fourth-order valence-corrected chi connectivity index (χ4v) is 1.66. The summed E-state index contributed by atoms with van der Waals surface area (Å²) in [4.78, 5) is 19.7. The van der Waals surface area contributed by atoms with Gasteiger partial charge in [-0.1, -0.05) is 11.2 Å². The fourth-order valence-electron chi connectivity index (χ4n) is 1.66. The SMILES string of the molecule is Cn1cc(-c2noc(-c3ccccn3)n2)ccc1=O. The summed E-state index contributed by atoms with van der Waals surface area (Å²) >= 11 is 0. The Morgan fingerprint density at radius 2 is 2.11 bits per heavy atom. The summed E-state index contributed by atoms with van der Waals surface area (Å²) in [5.41, 5.74) is 1.25. The van der Waals surface area contributed by atoms with Crippen LogP contribution in [0.25, 0.3) is 23.0 Å². The predicted molar refractivity (Wildman–Crippen MR) is 68.2 cm³/mol. The van der Waals surface area contributed by atoms with Gasteiger partial charge in [-0.25, -0.2) is 0 Å². The quantitative estimate of drug-likeness (QED) is 0.692. The lowest BCUT2D eigenvalue weighted by molar-refractivity contribution is 0.431. The van der Waals surface area contributed by atoms with Crippen molar-refractivity contribution in [1.29, 1.82) is 0 Å². The van der Waals surface area contributed by atoms with Crippen molar-refractivity contribution in [1.82, 2.24) is 19.7 Å². The van der Waals surface area contributed by atoms with Gasteiger partial charge in [0.2, 0.25) is 11.4 Å². The van der Waals surface area contributed by atoms with E-state index in [0.29, 0.717) is 23.0 Å². The second-order valence-electron chi connectivity index (χ2n) is 4.01. The van der Waals surface area contributed by atoms with Gasteiger partial charge in [-0.05, 0) is 18.2 Å². The fraction of sp³-hybridized carbons (Fsp3) is 0.0769. The monoisotopic (exact) mass is 254 g/mol. The lowest BCUT2D eigenvalue weighted by atomic mass is 10.2. The third-order valence-corrected chi connectivity index (χ3v) is 2.65. The molecule has 6 heteroatoms. The van der Waals surface area contributed by atoms with Gasteiger partial charge in [0.25, 0.3) is 5.89 Å². The maximum atomic E-state index is 11.3. The summed E-state index contributed by atoms with van der Waals surface area (Å²) in [6, 6.07) is 8.58. The number of aryl methyl sites for hydroxylation is 1. The molecule has 0 aromatic carbocycles. The molecule has 0 aliphatic carbocycles. The predicted octanol–water partition coefficient (Wildman–Crippen LogP) is 1.50. The first-order chi connectivity index (χ1) is 9.24. The molecule has 0 spiro atoms. The number of pyridine rings is 2. The number of hydrogen-bond acceptors (Lipinski definition) is 5. The molecule has 6 nitrogen and oxygen atoms in total. The van der Waals surface area contributed by atoms with Crippen LogP contribution in [0.1, 0.15) is 0 Å². The summed E-state index contributed by atoms with van der Waals surface area (Å²) in [6.07, 6.45) is 3.32.